The van der Waals surface area contributed by atoms with Crippen molar-refractivity contribution in [3.8, 4) is 0 Å². The van der Waals surface area contributed by atoms with Crippen LogP contribution >= 0.6 is 0 Å². The van der Waals surface area contributed by atoms with Gasteiger partial charge in [0.2, 0.25) is 0 Å². The summed E-state index contributed by atoms with van der Waals surface area (Å²) < 4.78 is 38.7. The molecule has 0 bridgehead atoms. The normalized spacial score (nSPS) is 53.9. The molecule has 0 amide bonds. The first kappa shape index (κ1) is 36.0. The van der Waals surface area contributed by atoms with Crippen molar-refractivity contribution >= 4 is 0 Å². The van der Waals surface area contributed by atoms with Gasteiger partial charge in [-0.2, -0.15) is 0 Å². The fourth-order valence-electron chi connectivity index (χ4n) is 5.45. The van der Waals surface area contributed by atoms with Gasteiger partial charge in [0.1, 0.15) is 91.6 Å². The summed E-state index contributed by atoms with van der Waals surface area (Å²) in [5.41, 5.74) is 0. The Kier molecular flexibility index (Phi) is 12.3. The van der Waals surface area contributed by atoms with Gasteiger partial charge >= 0.3 is 0 Å². The first-order valence-corrected chi connectivity index (χ1v) is 14.0. The molecule has 20 nitrogen and oxygen atoms in total. The summed E-state index contributed by atoms with van der Waals surface area (Å²) in [6.07, 6.45) is -35.3. The van der Waals surface area contributed by atoms with Crippen LogP contribution in [0.2, 0.25) is 0 Å². The minimum atomic E-state index is -1.98. The number of aliphatic hydroxyl groups excluding tert-OH is 13. The minimum absolute atomic E-state index is 0.822. The molecule has 20 heteroatoms. The highest BCUT2D eigenvalue weighted by Gasteiger charge is 2.56. The average Bonchev–Trinajstić information content (AvgIpc) is 3.01. The van der Waals surface area contributed by atoms with Crippen LogP contribution in [0.3, 0.4) is 0 Å². The van der Waals surface area contributed by atoms with Gasteiger partial charge in [-0.1, -0.05) is 0 Å². The zero-order valence-electron chi connectivity index (χ0n) is 23.3. The van der Waals surface area contributed by atoms with Gasteiger partial charge in [-0.25, -0.2) is 0 Å². The van der Waals surface area contributed by atoms with E-state index in [4.69, 9.17) is 33.2 Å². The lowest BCUT2D eigenvalue weighted by atomic mass is 9.95. The predicted molar refractivity (Wildman–Crippen MR) is 132 cm³/mol. The van der Waals surface area contributed by atoms with Crippen LogP contribution in [-0.4, -0.2) is 209 Å². The molecule has 0 spiro atoms. The molecule has 258 valence electrons. The second-order valence-electron chi connectivity index (χ2n) is 11.1. The summed E-state index contributed by atoms with van der Waals surface area (Å²) in [5, 5.41) is 133. The van der Waals surface area contributed by atoms with Crippen LogP contribution in [0.4, 0.5) is 0 Å². The van der Waals surface area contributed by atoms with E-state index in [1.54, 1.807) is 0 Å². The van der Waals surface area contributed by atoms with E-state index in [1.165, 1.54) is 6.92 Å². The highest BCUT2D eigenvalue weighted by Crippen LogP contribution is 2.35. The summed E-state index contributed by atoms with van der Waals surface area (Å²) in [6.45, 7) is -1.23. The third kappa shape index (κ3) is 7.05. The standard InChI is InChI=1S/C24H42O20/c1-5-9(28)13(32)15(34)22(38-5)44-20-19(43-23-16(35)14(33)10(29)6(2-25)40-23)12(31)8(4-27)41-24(20)42-18-11(30)7(3-26)39-21(37)17(18)36/h5-37H,2-4H2,1H3/t5-,6+,7+,8+,9+,10-,11-,12-,13+,14-,15-,16+,17+,18-,19-,20+,21+,22-,23+,24-/m0/s1. The van der Waals surface area contributed by atoms with Crippen LogP contribution in [0.25, 0.3) is 0 Å². The van der Waals surface area contributed by atoms with Crippen molar-refractivity contribution in [2.75, 3.05) is 19.8 Å². The topological polar surface area (TPSA) is 328 Å². The first-order valence-electron chi connectivity index (χ1n) is 14.0. The fourth-order valence-corrected chi connectivity index (χ4v) is 5.45. The van der Waals surface area contributed by atoms with Crippen LogP contribution in [0, 0.1) is 0 Å². The van der Waals surface area contributed by atoms with Crippen molar-refractivity contribution in [1.82, 2.24) is 0 Å². The lowest BCUT2D eigenvalue weighted by Gasteiger charge is -2.50. The second kappa shape index (κ2) is 15.0. The fraction of sp³-hybridized carbons (Fsp3) is 1.00. The van der Waals surface area contributed by atoms with Crippen LogP contribution in [0.1, 0.15) is 6.92 Å². The Balaban J connectivity index is 1.69. The first-order chi connectivity index (χ1) is 20.7. The SMILES string of the molecule is C[C@@H]1O[C@@H](O[C@H]2[C@H](O[C@@H]3[C@@H](O)[C@H](O)O[C@H](CO)[C@@H]3O)O[C@H](CO)[C@H](O)[C@@H]2O[C@H]2O[C@H](CO)[C@H](O)[C@H](O)[C@H]2O)[C@@H](O)[C@H](O)[C@@H]1O. The molecule has 0 radical (unpaired) electrons. The second-order valence-corrected chi connectivity index (χ2v) is 11.1. The molecule has 4 heterocycles. The maximum Gasteiger partial charge on any atom is 0.187 e. The Morgan fingerprint density at radius 1 is 0.409 bits per heavy atom. The molecule has 4 fully saturated rings. The molecule has 0 unspecified atom stereocenters. The van der Waals surface area contributed by atoms with Crippen molar-refractivity contribution in [3.63, 3.8) is 0 Å². The van der Waals surface area contributed by atoms with Crippen LogP contribution in [0.15, 0.2) is 0 Å². The van der Waals surface area contributed by atoms with Gasteiger partial charge in [0.15, 0.2) is 25.2 Å². The summed E-state index contributed by atoms with van der Waals surface area (Å²) in [5.74, 6) is 0. The smallest absolute Gasteiger partial charge is 0.187 e. The van der Waals surface area contributed by atoms with E-state index < -0.39 is 143 Å². The van der Waals surface area contributed by atoms with E-state index in [-0.39, 0.29) is 0 Å². The maximum atomic E-state index is 11.1. The van der Waals surface area contributed by atoms with Gasteiger partial charge in [-0.15, -0.1) is 0 Å². The summed E-state index contributed by atoms with van der Waals surface area (Å²) in [7, 11) is 0. The van der Waals surface area contributed by atoms with E-state index in [2.05, 4.69) is 0 Å². The monoisotopic (exact) mass is 650 g/mol. The largest absolute Gasteiger partial charge is 0.394 e. The summed E-state index contributed by atoms with van der Waals surface area (Å²) in [4.78, 5) is 0. The molecule has 20 atom stereocenters. The molecule has 0 aromatic heterocycles. The van der Waals surface area contributed by atoms with Crippen LogP contribution in [0.5, 0.6) is 0 Å². The predicted octanol–water partition coefficient (Wildman–Crippen LogP) is -8.72. The quantitative estimate of drug-likeness (QED) is 0.110. The van der Waals surface area contributed by atoms with E-state index in [9.17, 15) is 66.4 Å². The van der Waals surface area contributed by atoms with Crippen molar-refractivity contribution in [2.24, 2.45) is 0 Å². The van der Waals surface area contributed by atoms with Gasteiger partial charge in [0.25, 0.3) is 0 Å². The third-order valence-corrected chi connectivity index (χ3v) is 8.17. The Morgan fingerprint density at radius 2 is 0.841 bits per heavy atom. The van der Waals surface area contributed by atoms with Gasteiger partial charge in [-0.3, -0.25) is 0 Å². The van der Waals surface area contributed by atoms with Gasteiger partial charge in [0.05, 0.1) is 25.9 Å². The molecule has 44 heavy (non-hydrogen) atoms. The molecule has 4 aliphatic rings. The molecule has 4 rings (SSSR count). The molecule has 0 aliphatic carbocycles. The third-order valence-electron chi connectivity index (χ3n) is 8.17. The van der Waals surface area contributed by atoms with E-state index in [1.807, 2.05) is 0 Å². The molecule has 4 aliphatic heterocycles. The molecular weight excluding hydrogens is 608 g/mol. The molecule has 0 saturated carbocycles. The maximum absolute atomic E-state index is 11.1. The minimum Gasteiger partial charge on any atom is -0.394 e. The Bertz CT molecular complexity index is 900. The van der Waals surface area contributed by atoms with Gasteiger partial charge in [-0.05, 0) is 6.92 Å². The molecule has 0 aromatic rings. The van der Waals surface area contributed by atoms with Crippen LogP contribution in [-0.2, 0) is 33.2 Å². The number of hydrogen-bond donors (Lipinski definition) is 13. The summed E-state index contributed by atoms with van der Waals surface area (Å²) >= 11 is 0. The Labute approximate surface area is 249 Å². The van der Waals surface area contributed by atoms with Crippen molar-refractivity contribution in [1.29, 1.82) is 0 Å². The van der Waals surface area contributed by atoms with E-state index in [0.29, 0.717) is 0 Å². The Hall–Kier alpha value is -0.800. The highest BCUT2D eigenvalue weighted by molar-refractivity contribution is 4.98. The number of rotatable bonds is 9. The van der Waals surface area contributed by atoms with Crippen molar-refractivity contribution in [3.05, 3.63) is 0 Å². The number of hydrogen-bond acceptors (Lipinski definition) is 20. The lowest BCUT2D eigenvalue weighted by molar-refractivity contribution is -0.404. The molecule has 0 aromatic carbocycles. The molecule has 4 saturated heterocycles. The van der Waals surface area contributed by atoms with Crippen molar-refractivity contribution in [2.45, 2.75) is 130 Å². The zero-order chi connectivity index (χ0) is 32.6. The molecule has 13 N–H and O–H groups in total. The van der Waals surface area contributed by atoms with Crippen LogP contribution < -0.4 is 0 Å². The van der Waals surface area contributed by atoms with Gasteiger partial charge in [0, 0.05) is 0 Å². The van der Waals surface area contributed by atoms with Gasteiger partial charge < -0.3 is 99.5 Å². The average molecular weight is 651 g/mol. The van der Waals surface area contributed by atoms with E-state index in [0.717, 1.165) is 0 Å². The Morgan fingerprint density at radius 3 is 1.43 bits per heavy atom. The highest BCUT2D eigenvalue weighted by atomic mass is 16.8. The lowest BCUT2D eigenvalue weighted by Crippen LogP contribution is -2.68. The van der Waals surface area contributed by atoms with Crippen molar-refractivity contribution < 1.29 is 99.5 Å². The number of ether oxygens (including phenoxy) is 7. The summed E-state index contributed by atoms with van der Waals surface area (Å²) in [6, 6.07) is 0. The number of aliphatic hydroxyl groups is 13. The molecular formula is C24H42O20. The zero-order valence-corrected chi connectivity index (χ0v) is 23.3. The van der Waals surface area contributed by atoms with E-state index >= 15 is 0 Å².